The summed E-state index contributed by atoms with van der Waals surface area (Å²) in [5.41, 5.74) is 3.68. The van der Waals surface area contributed by atoms with E-state index in [2.05, 4.69) is 34.0 Å². The van der Waals surface area contributed by atoms with Gasteiger partial charge in [0.25, 0.3) is 0 Å². The van der Waals surface area contributed by atoms with Crippen molar-refractivity contribution in [3.8, 4) is 11.3 Å². The molecule has 1 aliphatic heterocycles. The molecule has 23 heteroatoms. The van der Waals surface area contributed by atoms with E-state index in [-0.39, 0.29) is 21.8 Å². The summed E-state index contributed by atoms with van der Waals surface area (Å²) < 4.78 is 53.1. The minimum Gasteiger partial charge on any atom is -0.396 e. The molecule has 0 spiro atoms. The average molecular weight is 612 g/mol. The van der Waals surface area contributed by atoms with E-state index in [1.165, 1.54) is 10.9 Å². The van der Waals surface area contributed by atoms with E-state index in [1.54, 1.807) is 0 Å². The van der Waals surface area contributed by atoms with E-state index in [0.717, 1.165) is 0 Å². The van der Waals surface area contributed by atoms with Gasteiger partial charge in [-0.3, -0.25) is 9.09 Å². The maximum Gasteiger partial charge on any atom is 0.490 e. The number of hydrogen-bond donors (Lipinski definition) is 8. The van der Waals surface area contributed by atoms with Crippen LogP contribution in [0.25, 0.3) is 11.2 Å². The van der Waals surface area contributed by atoms with Crippen LogP contribution in [0.15, 0.2) is 6.33 Å². The van der Waals surface area contributed by atoms with E-state index in [1.807, 2.05) is 5.38 Å². The van der Waals surface area contributed by atoms with Crippen molar-refractivity contribution in [1.29, 1.82) is 0 Å². The molecule has 18 nitrogen and oxygen atoms in total. The van der Waals surface area contributed by atoms with Crippen LogP contribution in [0.5, 0.6) is 0 Å². The summed E-state index contributed by atoms with van der Waals surface area (Å²) >= 11 is 10.6. The Labute approximate surface area is 210 Å². The number of imidazole rings is 1. The van der Waals surface area contributed by atoms with E-state index >= 15 is 0 Å². The largest absolute Gasteiger partial charge is 0.490 e. The second kappa shape index (κ2) is 10.5. The Balaban J connectivity index is 1.91. The van der Waals surface area contributed by atoms with Gasteiger partial charge in [0, 0.05) is 5.38 Å². The minimum absolute atomic E-state index is 0.00730. The Morgan fingerprint density at radius 3 is 2.53 bits per heavy atom. The zero-order chi connectivity index (χ0) is 27.1. The van der Waals surface area contributed by atoms with Crippen LogP contribution in [0, 0.1) is 21.9 Å². The topological polar surface area (TPSA) is 282 Å². The van der Waals surface area contributed by atoms with Gasteiger partial charge in [0.05, 0.1) is 31.6 Å². The number of nitrogen functional groups attached to an aromatic ring is 1. The quantitative estimate of drug-likeness (QED) is 0.104. The van der Waals surface area contributed by atoms with Crippen LogP contribution >= 0.6 is 47.3 Å². The van der Waals surface area contributed by atoms with Crippen LogP contribution in [0.4, 0.5) is 5.95 Å². The Hall–Kier alpha value is -1.29. The first-order valence-electron chi connectivity index (χ1n) is 9.14. The Morgan fingerprint density at radius 2 is 1.94 bits per heavy atom. The summed E-state index contributed by atoms with van der Waals surface area (Å²) in [6.45, 7) is -1.82. The monoisotopic (exact) mass is 611 g/mol. The molecule has 4 unspecified atom stereocenters. The van der Waals surface area contributed by atoms with Gasteiger partial charge in [-0.1, -0.05) is 12.2 Å². The minimum atomic E-state index is -5.77. The third-order valence-electron chi connectivity index (χ3n) is 4.67. The Bertz CT molecular complexity index is 1420. The van der Waals surface area contributed by atoms with Gasteiger partial charge in [0.15, 0.2) is 22.4 Å². The molecule has 0 saturated carbocycles. The van der Waals surface area contributed by atoms with Gasteiger partial charge in [0.1, 0.15) is 11.2 Å². The van der Waals surface area contributed by atoms with Gasteiger partial charge in [-0.15, -0.1) is 0 Å². The Morgan fingerprint density at radius 1 is 1.28 bits per heavy atom. The molecule has 0 radical (unpaired) electrons. The first kappa shape index (κ1) is 29.3. The number of phosphoric acid groups is 3. The molecule has 9 N–H and O–H groups in total. The molecule has 6 atom stereocenters. The van der Waals surface area contributed by atoms with Gasteiger partial charge in [0.2, 0.25) is 0 Å². The molecule has 0 aromatic carbocycles. The number of nitrogens with zero attached hydrogens (tertiary/aromatic N) is 3. The predicted octanol–water partition coefficient (Wildman–Crippen LogP) is -0.149. The number of nitrogens with one attached hydrogen (secondary N) is 1. The lowest BCUT2D eigenvalue weighted by Gasteiger charge is -2.28. The molecule has 1 fully saturated rings. The number of fused-ring (bicyclic) bond motifs is 1. The highest BCUT2D eigenvalue weighted by Gasteiger charge is 2.57. The third kappa shape index (κ3) is 6.40. The molecule has 200 valence electrons. The van der Waals surface area contributed by atoms with Gasteiger partial charge < -0.3 is 45.2 Å². The lowest BCUT2D eigenvalue weighted by atomic mass is 9.86. The van der Waals surface area contributed by atoms with Crippen LogP contribution < -0.4 is 5.73 Å². The van der Waals surface area contributed by atoms with Gasteiger partial charge in [-0.25, -0.2) is 23.7 Å². The molecule has 1 aliphatic rings. The summed E-state index contributed by atoms with van der Waals surface area (Å²) in [5.74, 6) is 0.803. The third-order valence-corrected chi connectivity index (χ3v) is 8.86. The Kier molecular flexibility index (Phi) is 8.51. The zero-order valence-electron chi connectivity index (χ0n) is 17.3. The number of nitrogens with two attached hydrogens (primary N) is 1. The van der Waals surface area contributed by atoms with Crippen molar-refractivity contribution in [1.82, 2.24) is 19.5 Å². The molecule has 1 saturated heterocycles. The summed E-state index contributed by atoms with van der Waals surface area (Å²) in [6, 6.07) is 0. The van der Waals surface area contributed by atoms with Crippen molar-refractivity contribution in [2.75, 3.05) is 18.9 Å². The second-order valence-corrected chi connectivity index (χ2v) is 12.0. The molecular weight excluding hydrogens is 595 g/mol. The molecule has 2 aromatic heterocycles. The maximum absolute atomic E-state index is 12.1. The average Bonchev–Trinajstić information content (AvgIpc) is 3.22. The van der Waals surface area contributed by atoms with Crippen LogP contribution in [0.1, 0.15) is 6.23 Å². The fourth-order valence-electron chi connectivity index (χ4n) is 3.35. The summed E-state index contributed by atoms with van der Waals surface area (Å²) in [5, 5.41) is 23.2. The van der Waals surface area contributed by atoms with Crippen LogP contribution in [0.2, 0.25) is 0 Å². The van der Waals surface area contributed by atoms with Crippen molar-refractivity contribution in [3.63, 3.8) is 0 Å². The number of aliphatic hydroxyl groups is 2. The molecular formula is C13H17ClN5O13P3S. The van der Waals surface area contributed by atoms with Gasteiger partial charge in [-0.05, 0) is 17.5 Å². The highest BCUT2D eigenvalue weighted by molar-refractivity contribution is 7.71. The number of phosphoric ester groups is 1. The summed E-state index contributed by atoms with van der Waals surface area (Å²) in [6.07, 6.45) is -1.79. The van der Waals surface area contributed by atoms with Crippen molar-refractivity contribution in [3.05, 3.63) is 11.0 Å². The highest BCUT2D eigenvalue weighted by Crippen LogP contribution is 2.66. The number of ether oxygens (including phenoxy) is 1. The standard InChI is InChI=1S/C13H17ClN5O13P3S/c14-2-1-13(21)6(3-20)7(4-29-34(25,26)32-35(27,28)31-33(22,23)24)30-11(13)19-5-16-8-9(19)17-12(15)18-10(8)36/h5-7,11,20-21H,3-4H2,(H,25,26)(H,27,28)(H2,22,23,24)(H3,15,17,18,36)/t6?,7-,11-,13?/m1/s1. The maximum atomic E-state index is 12.1. The molecule has 0 bridgehead atoms. The smallest absolute Gasteiger partial charge is 0.396 e. The van der Waals surface area contributed by atoms with E-state index in [9.17, 15) is 33.7 Å². The molecule has 3 rings (SSSR count). The van der Waals surface area contributed by atoms with Crippen LogP contribution in [0.3, 0.4) is 0 Å². The molecule has 3 heterocycles. The molecule has 0 aliphatic carbocycles. The number of aromatic nitrogens is 4. The van der Waals surface area contributed by atoms with Crippen LogP contribution in [-0.4, -0.2) is 74.2 Å². The number of aliphatic hydroxyl groups excluding tert-OH is 1. The van der Waals surface area contributed by atoms with Crippen molar-refractivity contribution < 1.29 is 61.4 Å². The van der Waals surface area contributed by atoms with E-state index in [4.69, 9.17) is 44.1 Å². The number of hydrogen-bond acceptors (Lipinski definition) is 13. The lowest BCUT2D eigenvalue weighted by Crippen LogP contribution is -2.43. The lowest BCUT2D eigenvalue weighted by molar-refractivity contribution is -0.0702. The molecule has 2 aromatic rings. The molecule has 36 heavy (non-hydrogen) atoms. The van der Waals surface area contributed by atoms with Crippen molar-refractivity contribution >= 4 is 64.4 Å². The number of halogens is 1. The first-order chi connectivity index (χ1) is 16.5. The number of H-pyrrole nitrogens is 1. The highest BCUT2D eigenvalue weighted by atomic mass is 35.5. The summed E-state index contributed by atoms with van der Waals surface area (Å²) in [4.78, 5) is 46.8. The molecule has 0 amide bonds. The number of anilines is 1. The van der Waals surface area contributed by atoms with Crippen molar-refractivity contribution in [2.24, 2.45) is 5.92 Å². The van der Waals surface area contributed by atoms with Gasteiger partial charge >= 0.3 is 23.5 Å². The van der Waals surface area contributed by atoms with Crippen LogP contribution in [-0.2, 0) is 31.6 Å². The van der Waals surface area contributed by atoms with Crippen molar-refractivity contribution in [2.45, 2.75) is 17.9 Å². The fraction of sp³-hybridized carbons (Fsp3) is 0.462. The zero-order valence-corrected chi connectivity index (χ0v) is 21.6. The van der Waals surface area contributed by atoms with Gasteiger partial charge in [-0.2, -0.15) is 8.62 Å². The SMILES string of the molecule is Nc1nc(=S)c2ncn([C@@H]3O[C@H](COP(=O)(O)OP(=O)(O)OP(=O)(O)O)C(CO)C3(O)C#CCl)c2[nH]1. The second-order valence-electron chi connectivity index (χ2n) is 7.02. The van der Waals surface area contributed by atoms with E-state index < -0.39 is 60.5 Å². The predicted molar refractivity (Wildman–Crippen MR) is 120 cm³/mol. The number of aromatic amines is 1. The fourth-order valence-corrected chi connectivity index (χ4v) is 6.78. The summed E-state index contributed by atoms with van der Waals surface area (Å²) in [7, 11) is -16.9. The number of rotatable bonds is 9. The normalized spacial score (nSPS) is 27.8. The first-order valence-corrected chi connectivity index (χ1v) is 14.4. The van der Waals surface area contributed by atoms with E-state index in [0.29, 0.717) is 0 Å².